The van der Waals surface area contributed by atoms with Crippen molar-refractivity contribution in [1.82, 2.24) is 0 Å². The van der Waals surface area contributed by atoms with Crippen LogP contribution in [0.1, 0.15) is 63.8 Å². The van der Waals surface area contributed by atoms with Gasteiger partial charge in [-0.2, -0.15) is 0 Å². The molecule has 2 rings (SSSR count). The van der Waals surface area contributed by atoms with Gasteiger partial charge < -0.3 is 0 Å². The molecule has 0 spiro atoms. The lowest BCUT2D eigenvalue weighted by Crippen LogP contribution is -2.15. The third kappa shape index (κ3) is 3.11. The van der Waals surface area contributed by atoms with Crippen LogP contribution in [0.25, 0.3) is 11.1 Å². The van der Waals surface area contributed by atoms with Gasteiger partial charge in [-0.25, -0.2) is 0 Å². The van der Waals surface area contributed by atoms with Gasteiger partial charge in [-0.3, -0.25) is 0 Å². The first-order valence-electron chi connectivity index (χ1n) is 8.24. The predicted octanol–water partition coefficient (Wildman–Crippen LogP) is 6.57. The molecule has 0 aliphatic rings. The lowest BCUT2D eigenvalue weighted by atomic mass is 9.78. The van der Waals surface area contributed by atoms with E-state index >= 15 is 0 Å². The maximum atomic E-state index is 2.29. The van der Waals surface area contributed by atoms with E-state index in [0.717, 1.165) is 0 Å². The zero-order valence-corrected chi connectivity index (χ0v) is 15.5. The van der Waals surface area contributed by atoms with Crippen molar-refractivity contribution in [3.05, 3.63) is 58.7 Å². The van der Waals surface area contributed by atoms with E-state index < -0.39 is 0 Å². The first-order chi connectivity index (χ1) is 10.0. The number of rotatable bonds is 1. The summed E-state index contributed by atoms with van der Waals surface area (Å²) in [4.78, 5) is 0. The van der Waals surface area contributed by atoms with Crippen molar-refractivity contribution in [2.75, 3.05) is 0 Å². The topological polar surface area (TPSA) is 0 Å². The first kappa shape index (κ1) is 16.8. The molecule has 0 saturated heterocycles. The van der Waals surface area contributed by atoms with E-state index in [9.17, 15) is 0 Å². The van der Waals surface area contributed by atoms with E-state index in [1.54, 1.807) is 0 Å². The molecule has 0 amide bonds. The lowest BCUT2D eigenvalue weighted by Gasteiger charge is -2.26. The smallest absolute Gasteiger partial charge is 0.0129 e. The van der Waals surface area contributed by atoms with E-state index in [1.807, 2.05) is 0 Å². The SMILES string of the molecule is Cc1c(-c2cccc(C(C)(C)C)c2C)cccc1C(C)(C)C. The molecule has 0 heterocycles. The van der Waals surface area contributed by atoms with Crippen molar-refractivity contribution in [1.29, 1.82) is 0 Å². The highest BCUT2D eigenvalue weighted by molar-refractivity contribution is 5.73. The molecular formula is C22H30. The van der Waals surface area contributed by atoms with Crippen LogP contribution in [0.5, 0.6) is 0 Å². The quantitative estimate of drug-likeness (QED) is 0.558. The van der Waals surface area contributed by atoms with Gasteiger partial charge in [0.15, 0.2) is 0 Å². The van der Waals surface area contributed by atoms with Crippen LogP contribution in [0.4, 0.5) is 0 Å². The van der Waals surface area contributed by atoms with E-state index in [1.165, 1.54) is 33.4 Å². The van der Waals surface area contributed by atoms with Gasteiger partial charge in [0, 0.05) is 0 Å². The van der Waals surface area contributed by atoms with Crippen molar-refractivity contribution in [2.45, 2.75) is 66.2 Å². The Kier molecular flexibility index (Phi) is 4.26. The molecule has 0 radical (unpaired) electrons. The minimum Gasteiger partial charge on any atom is -0.0613 e. The molecule has 2 aromatic rings. The Morgan fingerprint density at radius 3 is 1.14 bits per heavy atom. The molecular weight excluding hydrogens is 264 g/mol. The van der Waals surface area contributed by atoms with E-state index in [4.69, 9.17) is 0 Å². The van der Waals surface area contributed by atoms with Gasteiger partial charge in [0.1, 0.15) is 0 Å². The van der Waals surface area contributed by atoms with E-state index in [0.29, 0.717) is 0 Å². The van der Waals surface area contributed by atoms with Crippen molar-refractivity contribution >= 4 is 0 Å². The summed E-state index contributed by atoms with van der Waals surface area (Å²) in [7, 11) is 0. The van der Waals surface area contributed by atoms with Crippen LogP contribution < -0.4 is 0 Å². The van der Waals surface area contributed by atoms with Gasteiger partial charge in [0.2, 0.25) is 0 Å². The summed E-state index contributed by atoms with van der Waals surface area (Å²) in [5.74, 6) is 0. The number of hydrogen-bond acceptors (Lipinski definition) is 0. The maximum Gasteiger partial charge on any atom is -0.0129 e. The zero-order valence-electron chi connectivity index (χ0n) is 15.5. The summed E-state index contributed by atoms with van der Waals surface area (Å²) in [6, 6.07) is 13.5. The minimum absolute atomic E-state index is 0.176. The number of hydrogen-bond donors (Lipinski definition) is 0. The van der Waals surface area contributed by atoms with Crippen LogP contribution >= 0.6 is 0 Å². The summed E-state index contributed by atoms with van der Waals surface area (Å²) in [5.41, 5.74) is 8.78. The summed E-state index contributed by atoms with van der Waals surface area (Å²) >= 11 is 0. The maximum absolute atomic E-state index is 2.29. The second-order valence-corrected chi connectivity index (χ2v) is 8.46. The molecule has 0 heteroatoms. The summed E-state index contributed by atoms with van der Waals surface area (Å²) < 4.78 is 0. The van der Waals surface area contributed by atoms with Crippen LogP contribution in [-0.2, 0) is 10.8 Å². The Balaban J connectivity index is 2.69. The van der Waals surface area contributed by atoms with Gasteiger partial charge in [-0.05, 0) is 58.1 Å². The van der Waals surface area contributed by atoms with Gasteiger partial charge in [0.25, 0.3) is 0 Å². The van der Waals surface area contributed by atoms with E-state index in [2.05, 4.69) is 91.8 Å². The average Bonchev–Trinajstić information content (AvgIpc) is 2.37. The average molecular weight is 294 g/mol. The molecule has 0 aliphatic carbocycles. The van der Waals surface area contributed by atoms with Crippen LogP contribution in [0, 0.1) is 13.8 Å². The molecule has 118 valence electrons. The molecule has 2 aromatic carbocycles. The van der Waals surface area contributed by atoms with E-state index in [-0.39, 0.29) is 10.8 Å². The zero-order chi connectivity index (χ0) is 16.7. The van der Waals surface area contributed by atoms with Crippen LogP contribution in [0.3, 0.4) is 0 Å². The summed E-state index contributed by atoms with van der Waals surface area (Å²) in [6.45, 7) is 18.3. The predicted molar refractivity (Wildman–Crippen MR) is 98.8 cm³/mol. The fourth-order valence-electron chi connectivity index (χ4n) is 3.48. The molecule has 0 bridgehead atoms. The van der Waals surface area contributed by atoms with Gasteiger partial charge in [0.05, 0.1) is 0 Å². The molecule has 0 N–H and O–H groups in total. The Hall–Kier alpha value is -1.56. The molecule has 0 aromatic heterocycles. The van der Waals surface area contributed by atoms with Gasteiger partial charge in [-0.15, -0.1) is 0 Å². The normalized spacial score (nSPS) is 12.5. The fraction of sp³-hybridized carbons (Fsp3) is 0.455. The number of benzene rings is 2. The van der Waals surface area contributed by atoms with Crippen LogP contribution in [-0.4, -0.2) is 0 Å². The molecule has 0 saturated carbocycles. The van der Waals surface area contributed by atoms with Crippen molar-refractivity contribution < 1.29 is 0 Å². The second-order valence-electron chi connectivity index (χ2n) is 8.46. The highest BCUT2D eigenvalue weighted by atomic mass is 14.3. The second kappa shape index (κ2) is 5.57. The largest absolute Gasteiger partial charge is 0.0613 e. The Morgan fingerprint density at radius 2 is 0.864 bits per heavy atom. The third-order valence-corrected chi connectivity index (χ3v) is 4.57. The standard InChI is InChI=1S/C22H30/c1-15-17(11-9-13-19(15)21(3,4)5)18-12-10-14-20(16(18)2)22(6,7)8/h9-14H,1-8H3. The highest BCUT2D eigenvalue weighted by Gasteiger charge is 2.21. The van der Waals surface area contributed by atoms with Crippen molar-refractivity contribution in [2.24, 2.45) is 0 Å². The Labute approximate surface area is 136 Å². The van der Waals surface area contributed by atoms with Crippen molar-refractivity contribution in [3.8, 4) is 11.1 Å². The van der Waals surface area contributed by atoms with Gasteiger partial charge in [-0.1, -0.05) is 77.9 Å². The van der Waals surface area contributed by atoms with Crippen LogP contribution in [0.15, 0.2) is 36.4 Å². The first-order valence-corrected chi connectivity index (χ1v) is 8.24. The Bertz CT molecular complexity index is 615. The third-order valence-electron chi connectivity index (χ3n) is 4.57. The molecule has 0 aliphatic heterocycles. The molecule has 0 fully saturated rings. The molecule has 0 nitrogen and oxygen atoms in total. The Morgan fingerprint density at radius 1 is 0.545 bits per heavy atom. The fourth-order valence-corrected chi connectivity index (χ4v) is 3.48. The summed E-state index contributed by atoms with van der Waals surface area (Å²) in [6.07, 6.45) is 0. The highest BCUT2D eigenvalue weighted by Crippen LogP contribution is 2.37. The van der Waals surface area contributed by atoms with Crippen LogP contribution in [0.2, 0.25) is 0 Å². The summed E-state index contributed by atoms with van der Waals surface area (Å²) in [5, 5.41) is 0. The lowest BCUT2D eigenvalue weighted by molar-refractivity contribution is 0.585. The van der Waals surface area contributed by atoms with Crippen molar-refractivity contribution in [3.63, 3.8) is 0 Å². The monoisotopic (exact) mass is 294 g/mol. The molecule has 0 unspecified atom stereocenters. The minimum atomic E-state index is 0.176. The van der Waals surface area contributed by atoms with Gasteiger partial charge >= 0.3 is 0 Å². The molecule has 22 heavy (non-hydrogen) atoms. The molecule has 0 atom stereocenters.